The lowest BCUT2D eigenvalue weighted by Crippen LogP contribution is -2.45. The fraction of sp³-hybridized carbons (Fsp3) is 0.400. The molecular weight excluding hydrogens is 502 g/mol. The van der Waals surface area contributed by atoms with Crippen molar-refractivity contribution in [2.24, 2.45) is 0 Å². The number of hydrogen-bond donors (Lipinski definition) is 7. The van der Waals surface area contributed by atoms with Crippen LogP contribution in [0.1, 0.15) is 25.7 Å². The van der Waals surface area contributed by atoms with Gasteiger partial charge in [0.05, 0.1) is 10.6 Å². The topological polar surface area (TPSA) is 244 Å². The van der Waals surface area contributed by atoms with Gasteiger partial charge in [0, 0.05) is 12.1 Å². The van der Waals surface area contributed by atoms with Gasteiger partial charge in [-0.1, -0.05) is 12.8 Å². The van der Waals surface area contributed by atoms with Crippen LogP contribution in [0.5, 0.6) is 0 Å². The van der Waals surface area contributed by atoms with Crippen LogP contribution in [0.25, 0.3) is 0 Å². The quantitative estimate of drug-likeness (QED) is 0.171. The van der Waals surface area contributed by atoms with E-state index in [1.54, 1.807) is 0 Å². The average Bonchev–Trinajstić information content (AvgIpc) is 2.67. The second-order valence-corrected chi connectivity index (χ2v) is 10.7. The van der Waals surface area contributed by atoms with Crippen molar-refractivity contribution >= 4 is 54.7 Å². The summed E-state index contributed by atoms with van der Waals surface area (Å²) in [6, 6.07) is 1.55. The molecule has 2 aromatic rings. The van der Waals surface area contributed by atoms with Crippen LogP contribution in [0.15, 0.2) is 28.0 Å². The number of nitrogens with one attached hydrogen (secondary N) is 3. The third kappa shape index (κ3) is 6.68. The van der Waals surface area contributed by atoms with Gasteiger partial charge in [0.1, 0.15) is 4.90 Å². The van der Waals surface area contributed by atoms with Crippen LogP contribution in [-0.2, 0) is 31.1 Å². The first-order valence-electron chi connectivity index (χ1n) is 9.37. The number of nitrogen functional groups attached to an aromatic ring is 1. The smallest absolute Gasteiger partial charge is 0.296 e. The van der Waals surface area contributed by atoms with Crippen molar-refractivity contribution in [1.29, 1.82) is 0 Å². The Morgan fingerprint density at radius 2 is 1.58 bits per heavy atom. The molecule has 33 heavy (non-hydrogen) atoms. The Labute approximate surface area is 190 Å². The summed E-state index contributed by atoms with van der Waals surface area (Å²) in [7, 11) is -12.3. The molecule has 18 heteroatoms. The fourth-order valence-electron chi connectivity index (χ4n) is 3.38. The van der Waals surface area contributed by atoms with E-state index in [4.69, 9.17) is 5.73 Å². The molecule has 1 saturated carbocycles. The Bertz CT molecular complexity index is 1320. The van der Waals surface area contributed by atoms with Crippen LogP contribution in [0, 0.1) is 0 Å². The van der Waals surface area contributed by atoms with E-state index in [2.05, 4.69) is 30.3 Å². The monoisotopic (exact) mass is 523 g/mol. The highest BCUT2D eigenvalue weighted by molar-refractivity contribution is 7.86. The lowest BCUT2D eigenvalue weighted by molar-refractivity contribution is 0.380. The van der Waals surface area contributed by atoms with Crippen molar-refractivity contribution in [3.63, 3.8) is 0 Å². The molecule has 0 radical (unpaired) electrons. The molecule has 1 heterocycles. The first-order valence-corrected chi connectivity index (χ1v) is 13.4. The Hall–Kier alpha value is -2.64. The van der Waals surface area contributed by atoms with Gasteiger partial charge in [0.25, 0.3) is 20.2 Å². The van der Waals surface area contributed by atoms with Crippen molar-refractivity contribution in [1.82, 2.24) is 19.7 Å². The summed E-state index contributed by atoms with van der Waals surface area (Å²) in [5.74, 6) is -0.647. The highest BCUT2D eigenvalue weighted by Crippen LogP contribution is 2.28. The van der Waals surface area contributed by atoms with Crippen LogP contribution in [0.3, 0.4) is 0 Å². The molecule has 2 unspecified atom stereocenters. The SMILES string of the molecule is Nc1nc(Nc2cc(S(=O)(=O)O)ccc2S(=O)(=O)O)nc(NC2CCCCC2N[SH](=O)=O)n1. The third-order valence-electron chi connectivity index (χ3n) is 4.78. The predicted octanol–water partition coefficient (Wildman–Crippen LogP) is -0.470. The van der Waals surface area contributed by atoms with E-state index in [1.165, 1.54) is 0 Å². The Morgan fingerprint density at radius 3 is 2.18 bits per heavy atom. The molecule has 7 N–H and O–H groups in total. The molecular formula is C15H21N7O8S3. The van der Waals surface area contributed by atoms with Gasteiger partial charge in [-0.05, 0) is 31.0 Å². The lowest BCUT2D eigenvalue weighted by Gasteiger charge is -2.31. The highest BCUT2D eigenvalue weighted by atomic mass is 32.2. The number of aromatic nitrogens is 3. The first-order chi connectivity index (χ1) is 15.3. The largest absolute Gasteiger partial charge is 0.368 e. The van der Waals surface area contributed by atoms with Crippen molar-refractivity contribution in [3.8, 4) is 0 Å². The maximum atomic E-state index is 11.7. The highest BCUT2D eigenvalue weighted by Gasteiger charge is 2.27. The summed E-state index contributed by atoms with van der Waals surface area (Å²) in [5, 5.41) is 5.41. The molecule has 1 aromatic heterocycles. The van der Waals surface area contributed by atoms with Crippen molar-refractivity contribution in [2.75, 3.05) is 16.4 Å². The molecule has 15 nitrogen and oxygen atoms in total. The summed E-state index contributed by atoms with van der Waals surface area (Å²) in [6.45, 7) is 0. The van der Waals surface area contributed by atoms with Gasteiger partial charge in [-0.3, -0.25) is 9.11 Å². The van der Waals surface area contributed by atoms with Crippen LogP contribution >= 0.6 is 0 Å². The van der Waals surface area contributed by atoms with Gasteiger partial charge in [-0.15, -0.1) is 0 Å². The van der Waals surface area contributed by atoms with Gasteiger partial charge in [0.15, 0.2) is 0 Å². The molecule has 1 aromatic carbocycles. The van der Waals surface area contributed by atoms with E-state index in [0.29, 0.717) is 12.8 Å². The van der Waals surface area contributed by atoms with Crippen molar-refractivity contribution < 1.29 is 34.4 Å². The maximum Gasteiger partial charge on any atom is 0.296 e. The number of anilines is 4. The summed E-state index contributed by atoms with van der Waals surface area (Å²) in [5.41, 5.74) is 5.24. The van der Waals surface area contributed by atoms with Gasteiger partial charge < -0.3 is 16.4 Å². The van der Waals surface area contributed by atoms with Gasteiger partial charge in [0.2, 0.25) is 28.7 Å². The van der Waals surface area contributed by atoms with Crippen LogP contribution in [0.2, 0.25) is 0 Å². The zero-order valence-electron chi connectivity index (χ0n) is 16.7. The fourth-order valence-corrected chi connectivity index (χ4v) is 5.10. The van der Waals surface area contributed by atoms with E-state index in [1.807, 2.05) is 0 Å². The van der Waals surface area contributed by atoms with Gasteiger partial charge in [-0.25, -0.2) is 13.1 Å². The average molecular weight is 524 g/mol. The van der Waals surface area contributed by atoms with E-state index >= 15 is 0 Å². The zero-order valence-corrected chi connectivity index (χ0v) is 19.3. The minimum Gasteiger partial charge on any atom is -0.368 e. The van der Waals surface area contributed by atoms with Crippen LogP contribution < -0.4 is 21.1 Å². The number of thiol groups is 1. The molecule has 0 spiro atoms. The minimum atomic E-state index is -4.80. The zero-order chi connectivity index (χ0) is 24.4. The number of nitrogens with zero attached hydrogens (tertiary/aromatic N) is 3. The van der Waals surface area contributed by atoms with Crippen molar-refractivity contribution in [2.45, 2.75) is 47.6 Å². The van der Waals surface area contributed by atoms with E-state index in [9.17, 15) is 34.4 Å². The lowest BCUT2D eigenvalue weighted by atomic mass is 9.91. The minimum absolute atomic E-state index is 0.0517. The molecule has 1 aliphatic carbocycles. The second-order valence-electron chi connectivity index (χ2n) is 7.10. The molecule has 0 aliphatic heterocycles. The number of hydrogen-bond acceptors (Lipinski definition) is 12. The Morgan fingerprint density at radius 1 is 0.939 bits per heavy atom. The summed E-state index contributed by atoms with van der Waals surface area (Å²) >= 11 is 0. The summed E-state index contributed by atoms with van der Waals surface area (Å²) in [4.78, 5) is 10.4. The standard InChI is InChI=1S/C15H21N7O8S3/c16-13-19-14(17-9-3-1-2-4-10(9)22-31(23)24)21-15(20-13)18-11-7-8(32(25,26)27)5-6-12(11)33(28,29)30/h5-7,9-10,31H,1-4H2,(H,22,23,24)(H,25,26,27)(H,28,29,30)(H4,16,17,18,19,20,21). The predicted molar refractivity (Wildman–Crippen MR) is 117 cm³/mol. The number of benzene rings is 1. The number of rotatable bonds is 8. The molecule has 1 fully saturated rings. The van der Waals surface area contributed by atoms with E-state index in [0.717, 1.165) is 31.0 Å². The molecule has 1 aliphatic rings. The molecule has 2 atom stereocenters. The first kappa shape index (κ1) is 25.0. The van der Waals surface area contributed by atoms with Crippen LogP contribution in [-0.4, -0.2) is 61.4 Å². The Kier molecular flexibility index (Phi) is 7.34. The summed E-state index contributed by atoms with van der Waals surface area (Å²) < 4.78 is 89.5. The molecule has 0 saturated heterocycles. The normalized spacial score (nSPS) is 19.4. The molecule has 3 rings (SSSR count). The second kappa shape index (κ2) is 9.69. The Balaban J connectivity index is 1.94. The van der Waals surface area contributed by atoms with Gasteiger partial charge in [-0.2, -0.15) is 31.8 Å². The summed E-state index contributed by atoms with van der Waals surface area (Å²) in [6.07, 6.45) is 2.86. The molecule has 0 amide bonds. The molecule has 182 valence electrons. The maximum absolute atomic E-state index is 11.7. The van der Waals surface area contributed by atoms with Crippen LogP contribution in [0.4, 0.5) is 23.5 Å². The number of nitrogens with two attached hydrogens (primary N) is 1. The third-order valence-corrected chi connectivity index (χ3v) is 7.08. The van der Waals surface area contributed by atoms with E-state index < -0.39 is 52.6 Å². The van der Waals surface area contributed by atoms with Gasteiger partial charge >= 0.3 is 0 Å². The van der Waals surface area contributed by atoms with Crippen molar-refractivity contribution in [3.05, 3.63) is 18.2 Å². The van der Waals surface area contributed by atoms with E-state index in [-0.39, 0.29) is 23.9 Å². The molecule has 0 bridgehead atoms.